The van der Waals surface area contributed by atoms with Crippen LogP contribution >= 0.6 is 11.8 Å². The number of benzene rings is 3. The van der Waals surface area contributed by atoms with Gasteiger partial charge in [-0.2, -0.15) is 0 Å². The molecule has 3 aromatic carbocycles. The van der Waals surface area contributed by atoms with Crippen LogP contribution in [0.3, 0.4) is 0 Å². The molecule has 3 nitrogen and oxygen atoms in total. The Bertz CT molecular complexity index is 917. The first-order valence-electron chi connectivity index (χ1n) is 8.08. The molecule has 6 heteroatoms. The van der Waals surface area contributed by atoms with E-state index in [-0.39, 0.29) is 11.7 Å². The first kappa shape index (κ1) is 18.2. The Morgan fingerprint density at radius 3 is 2.58 bits per heavy atom. The third-order valence-corrected chi connectivity index (χ3v) is 4.67. The third kappa shape index (κ3) is 4.95. The standard InChI is InChI=1S/C20H17F2NO2S/c21-18-8-7-17(12-19(18)22)26-13-20(24)23-9-10-25-16-6-5-14-3-1-2-4-15(14)11-16/h1-8,11-12H,9-10,13H2,(H,23,24). The molecule has 0 unspecified atom stereocenters. The third-order valence-electron chi connectivity index (χ3n) is 3.67. The number of rotatable bonds is 7. The lowest BCUT2D eigenvalue weighted by molar-refractivity contribution is -0.118. The van der Waals surface area contributed by atoms with Crippen molar-refractivity contribution in [3.8, 4) is 5.75 Å². The topological polar surface area (TPSA) is 38.3 Å². The second-order valence-electron chi connectivity index (χ2n) is 5.57. The van der Waals surface area contributed by atoms with Crippen molar-refractivity contribution >= 4 is 28.4 Å². The molecule has 0 aliphatic heterocycles. The summed E-state index contributed by atoms with van der Waals surface area (Å²) >= 11 is 1.15. The molecular formula is C20H17F2NO2S. The van der Waals surface area contributed by atoms with E-state index in [0.717, 1.165) is 40.4 Å². The van der Waals surface area contributed by atoms with Crippen LogP contribution in [0.25, 0.3) is 10.8 Å². The highest BCUT2D eigenvalue weighted by molar-refractivity contribution is 8.00. The number of hydrogen-bond acceptors (Lipinski definition) is 3. The van der Waals surface area contributed by atoms with E-state index < -0.39 is 11.6 Å². The van der Waals surface area contributed by atoms with Crippen molar-refractivity contribution in [1.29, 1.82) is 0 Å². The molecule has 1 N–H and O–H groups in total. The zero-order valence-corrected chi connectivity index (χ0v) is 14.7. The average Bonchev–Trinajstić information content (AvgIpc) is 2.66. The second-order valence-corrected chi connectivity index (χ2v) is 6.62. The van der Waals surface area contributed by atoms with Crippen LogP contribution in [0.15, 0.2) is 65.6 Å². The maximum atomic E-state index is 13.1. The van der Waals surface area contributed by atoms with Crippen molar-refractivity contribution in [2.24, 2.45) is 0 Å². The van der Waals surface area contributed by atoms with Gasteiger partial charge < -0.3 is 10.1 Å². The van der Waals surface area contributed by atoms with Crippen molar-refractivity contribution < 1.29 is 18.3 Å². The van der Waals surface area contributed by atoms with E-state index in [1.807, 2.05) is 42.5 Å². The van der Waals surface area contributed by atoms with E-state index in [1.54, 1.807) is 0 Å². The summed E-state index contributed by atoms with van der Waals surface area (Å²) in [6.07, 6.45) is 0. The van der Waals surface area contributed by atoms with Gasteiger partial charge in [-0.05, 0) is 41.1 Å². The Hall–Kier alpha value is -2.60. The molecule has 134 valence electrons. The Morgan fingerprint density at radius 1 is 0.962 bits per heavy atom. The molecule has 1 amide bonds. The van der Waals surface area contributed by atoms with Gasteiger partial charge in [-0.3, -0.25) is 4.79 Å². The summed E-state index contributed by atoms with van der Waals surface area (Å²) in [7, 11) is 0. The van der Waals surface area contributed by atoms with Crippen LogP contribution in [0, 0.1) is 11.6 Å². The summed E-state index contributed by atoms with van der Waals surface area (Å²) in [6.45, 7) is 0.712. The highest BCUT2D eigenvalue weighted by Crippen LogP contribution is 2.21. The largest absolute Gasteiger partial charge is 0.492 e. The summed E-state index contributed by atoms with van der Waals surface area (Å²) in [4.78, 5) is 12.3. The number of halogens is 2. The summed E-state index contributed by atoms with van der Waals surface area (Å²) in [6, 6.07) is 17.4. The van der Waals surface area contributed by atoms with Gasteiger partial charge in [0.1, 0.15) is 12.4 Å². The van der Waals surface area contributed by atoms with Crippen LogP contribution < -0.4 is 10.1 Å². The maximum absolute atomic E-state index is 13.1. The van der Waals surface area contributed by atoms with Crippen LogP contribution in [0.5, 0.6) is 5.75 Å². The fraction of sp³-hybridized carbons (Fsp3) is 0.150. The van der Waals surface area contributed by atoms with Crippen LogP contribution in [-0.4, -0.2) is 24.8 Å². The van der Waals surface area contributed by atoms with Gasteiger partial charge in [0.15, 0.2) is 11.6 Å². The van der Waals surface area contributed by atoms with Gasteiger partial charge in [0.2, 0.25) is 5.91 Å². The molecule has 26 heavy (non-hydrogen) atoms. The minimum Gasteiger partial charge on any atom is -0.492 e. The average molecular weight is 373 g/mol. The van der Waals surface area contributed by atoms with Gasteiger partial charge in [0, 0.05) is 4.90 Å². The summed E-state index contributed by atoms with van der Waals surface area (Å²) in [5.41, 5.74) is 0. The van der Waals surface area contributed by atoms with Crippen LogP contribution in [0.4, 0.5) is 8.78 Å². The van der Waals surface area contributed by atoms with Crippen LogP contribution in [0.1, 0.15) is 0 Å². The van der Waals surface area contributed by atoms with E-state index in [1.165, 1.54) is 6.07 Å². The van der Waals surface area contributed by atoms with Gasteiger partial charge >= 0.3 is 0 Å². The summed E-state index contributed by atoms with van der Waals surface area (Å²) < 4.78 is 31.6. The van der Waals surface area contributed by atoms with E-state index >= 15 is 0 Å². The summed E-state index contributed by atoms with van der Waals surface area (Å²) in [5.74, 6) is -1.14. The van der Waals surface area contributed by atoms with Gasteiger partial charge in [-0.1, -0.05) is 30.3 Å². The number of thioether (sulfide) groups is 1. The number of nitrogens with one attached hydrogen (secondary N) is 1. The predicted molar refractivity (Wildman–Crippen MR) is 99.5 cm³/mol. The number of amides is 1. The smallest absolute Gasteiger partial charge is 0.230 e. The second kappa shape index (κ2) is 8.67. The quantitative estimate of drug-likeness (QED) is 0.493. The van der Waals surface area contributed by atoms with Crippen molar-refractivity contribution in [2.45, 2.75) is 4.90 Å². The molecule has 0 heterocycles. The van der Waals surface area contributed by atoms with Crippen LogP contribution in [0.2, 0.25) is 0 Å². The molecular weight excluding hydrogens is 356 g/mol. The first-order chi connectivity index (χ1) is 12.6. The van der Waals surface area contributed by atoms with Gasteiger partial charge in [-0.15, -0.1) is 11.8 Å². The molecule has 0 spiro atoms. The van der Waals surface area contributed by atoms with E-state index in [4.69, 9.17) is 4.74 Å². The highest BCUT2D eigenvalue weighted by Gasteiger charge is 2.06. The molecule has 0 aliphatic carbocycles. The van der Waals surface area contributed by atoms with Gasteiger partial charge in [-0.25, -0.2) is 8.78 Å². The zero-order chi connectivity index (χ0) is 18.4. The van der Waals surface area contributed by atoms with Crippen molar-refractivity contribution in [3.05, 3.63) is 72.3 Å². The number of carbonyl (C=O) groups is 1. The number of ether oxygens (including phenoxy) is 1. The van der Waals surface area contributed by atoms with E-state index in [2.05, 4.69) is 5.32 Å². The molecule has 3 aromatic rings. The monoisotopic (exact) mass is 373 g/mol. The van der Waals surface area contributed by atoms with Crippen molar-refractivity contribution in [2.75, 3.05) is 18.9 Å². The minimum atomic E-state index is -0.917. The zero-order valence-electron chi connectivity index (χ0n) is 13.9. The Balaban J connectivity index is 1.39. The lowest BCUT2D eigenvalue weighted by Crippen LogP contribution is -2.29. The number of hydrogen-bond donors (Lipinski definition) is 1. The Labute approximate surface area is 154 Å². The minimum absolute atomic E-state index is 0.126. The fourth-order valence-corrected chi connectivity index (χ4v) is 3.13. The van der Waals surface area contributed by atoms with E-state index in [0.29, 0.717) is 18.0 Å². The molecule has 0 radical (unpaired) electrons. The predicted octanol–water partition coefficient (Wildman–Crippen LogP) is 4.41. The molecule has 0 saturated heterocycles. The fourth-order valence-electron chi connectivity index (χ4n) is 2.38. The van der Waals surface area contributed by atoms with Crippen molar-refractivity contribution in [3.63, 3.8) is 0 Å². The lowest BCUT2D eigenvalue weighted by Gasteiger charge is -2.09. The molecule has 3 rings (SSSR count). The normalized spacial score (nSPS) is 10.7. The number of carbonyl (C=O) groups excluding carboxylic acids is 1. The lowest BCUT2D eigenvalue weighted by atomic mass is 10.1. The van der Waals surface area contributed by atoms with E-state index in [9.17, 15) is 13.6 Å². The Kier molecular flexibility index (Phi) is 6.07. The molecule has 0 aromatic heterocycles. The molecule has 0 bridgehead atoms. The van der Waals surface area contributed by atoms with Crippen molar-refractivity contribution in [1.82, 2.24) is 5.32 Å². The molecule has 0 fully saturated rings. The highest BCUT2D eigenvalue weighted by atomic mass is 32.2. The number of fused-ring (bicyclic) bond motifs is 1. The molecule has 0 atom stereocenters. The first-order valence-corrected chi connectivity index (χ1v) is 9.06. The molecule has 0 saturated carbocycles. The van der Waals surface area contributed by atoms with Gasteiger partial charge in [0.05, 0.1) is 12.3 Å². The van der Waals surface area contributed by atoms with Crippen LogP contribution in [-0.2, 0) is 4.79 Å². The van der Waals surface area contributed by atoms with Gasteiger partial charge in [0.25, 0.3) is 0 Å². The SMILES string of the molecule is O=C(CSc1ccc(F)c(F)c1)NCCOc1ccc2ccccc2c1. The summed E-state index contributed by atoms with van der Waals surface area (Å²) in [5, 5.41) is 4.97. The molecule has 0 aliphatic rings. The Morgan fingerprint density at radius 2 is 1.77 bits per heavy atom. The maximum Gasteiger partial charge on any atom is 0.230 e.